The van der Waals surface area contributed by atoms with Gasteiger partial charge < -0.3 is 4.90 Å². The van der Waals surface area contributed by atoms with Crippen molar-refractivity contribution in [3.63, 3.8) is 0 Å². The molecule has 66 valence electrons. The Kier molecular flexibility index (Phi) is 10.7. The number of nitrogens with one attached hydrogen (secondary N) is 1. The van der Waals surface area contributed by atoms with Crippen LogP contribution < -0.4 is 0 Å². The minimum atomic E-state index is 0. The second-order valence-electron chi connectivity index (χ2n) is 2.08. The van der Waals surface area contributed by atoms with Crippen LogP contribution in [-0.4, -0.2) is 43.2 Å². The van der Waals surface area contributed by atoms with E-state index in [2.05, 4.69) is 4.99 Å². The molecule has 0 aliphatic heterocycles. The van der Waals surface area contributed by atoms with Gasteiger partial charge in [0.2, 0.25) is 0 Å². The molecule has 0 unspecified atom stereocenters. The Balaban J connectivity index is 0. The first kappa shape index (κ1) is 13.9. The van der Waals surface area contributed by atoms with Crippen molar-refractivity contribution in [1.29, 1.82) is 5.41 Å². The lowest BCUT2D eigenvalue weighted by molar-refractivity contribution is 0.474. The Morgan fingerprint density at radius 3 is 2.55 bits per heavy atom. The summed E-state index contributed by atoms with van der Waals surface area (Å²) in [4.78, 5) is 5.86. The molecule has 0 bridgehead atoms. The Bertz CT molecular complexity index is 136. The SMILES string of the molecule is CSC(=N)N=CCN(C)C.I. The summed E-state index contributed by atoms with van der Waals surface area (Å²) in [6.07, 6.45) is 3.58. The van der Waals surface area contributed by atoms with Gasteiger partial charge in [0, 0.05) is 12.8 Å². The second kappa shape index (κ2) is 8.48. The summed E-state index contributed by atoms with van der Waals surface area (Å²) >= 11 is 1.34. The summed E-state index contributed by atoms with van der Waals surface area (Å²) in [5.74, 6) is 0. The highest BCUT2D eigenvalue weighted by Gasteiger charge is 1.86. The molecule has 1 N–H and O–H groups in total. The summed E-state index contributed by atoms with van der Waals surface area (Å²) in [5.41, 5.74) is 0. The number of hydrogen-bond donors (Lipinski definition) is 1. The van der Waals surface area contributed by atoms with Gasteiger partial charge in [-0.15, -0.1) is 24.0 Å². The van der Waals surface area contributed by atoms with Crippen LogP contribution >= 0.6 is 35.7 Å². The second-order valence-corrected chi connectivity index (χ2v) is 2.88. The normalized spacial score (nSPS) is 10.2. The van der Waals surface area contributed by atoms with Gasteiger partial charge in [0.1, 0.15) is 0 Å². The lowest BCUT2D eigenvalue weighted by Gasteiger charge is -2.02. The molecule has 11 heavy (non-hydrogen) atoms. The topological polar surface area (TPSA) is 39.5 Å². The largest absolute Gasteiger partial charge is 0.304 e. The lowest BCUT2D eigenvalue weighted by Crippen LogP contribution is -2.14. The van der Waals surface area contributed by atoms with Crippen LogP contribution in [0, 0.1) is 5.41 Å². The Morgan fingerprint density at radius 2 is 2.18 bits per heavy atom. The van der Waals surface area contributed by atoms with E-state index in [1.807, 2.05) is 25.3 Å². The molecule has 0 fully saturated rings. The molecule has 0 radical (unpaired) electrons. The van der Waals surface area contributed by atoms with Crippen molar-refractivity contribution in [2.24, 2.45) is 4.99 Å². The number of amidine groups is 1. The molecule has 3 nitrogen and oxygen atoms in total. The van der Waals surface area contributed by atoms with Crippen LogP contribution in [0.25, 0.3) is 0 Å². The zero-order valence-electron chi connectivity index (χ0n) is 7.00. The summed E-state index contributed by atoms with van der Waals surface area (Å²) in [5, 5.41) is 7.49. The van der Waals surface area contributed by atoms with Gasteiger partial charge in [0.15, 0.2) is 5.17 Å². The molecule has 0 atom stereocenters. The lowest BCUT2D eigenvalue weighted by atomic mass is 10.6. The van der Waals surface area contributed by atoms with Crippen LogP contribution in [0.1, 0.15) is 0 Å². The number of nitrogens with zero attached hydrogens (tertiary/aromatic N) is 2. The predicted octanol–water partition coefficient (Wildman–Crippen LogP) is 1.53. The van der Waals surface area contributed by atoms with Crippen LogP contribution in [0.4, 0.5) is 0 Å². The molecule has 0 spiro atoms. The maximum absolute atomic E-state index is 7.13. The van der Waals surface area contributed by atoms with Gasteiger partial charge in [-0.3, -0.25) is 5.41 Å². The quantitative estimate of drug-likeness (QED) is 0.475. The maximum atomic E-state index is 7.13. The molecule has 0 aromatic rings. The first-order chi connectivity index (χ1) is 4.66. The van der Waals surface area contributed by atoms with E-state index in [1.165, 1.54) is 11.8 Å². The molecule has 5 heteroatoms. The van der Waals surface area contributed by atoms with Crippen LogP contribution in [0.3, 0.4) is 0 Å². The van der Waals surface area contributed by atoms with Gasteiger partial charge in [-0.2, -0.15) is 0 Å². The Labute approximate surface area is 89.2 Å². The highest BCUT2D eigenvalue weighted by Crippen LogP contribution is 1.93. The van der Waals surface area contributed by atoms with Gasteiger partial charge in [0.25, 0.3) is 0 Å². The van der Waals surface area contributed by atoms with Gasteiger partial charge in [0.05, 0.1) is 0 Å². The number of thioether (sulfide) groups is 1. The first-order valence-corrected chi connectivity index (χ1v) is 4.19. The molecular formula is C6H14IN3S. The Morgan fingerprint density at radius 1 is 1.64 bits per heavy atom. The smallest absolute Gasteiger partial charge is 0.179 e. The van der Waals surface area contributed by atoms with E-state index in [4.69, 9.17) is 5.41 Å². The third kappa shape index (κ3) is 10.4. The molecule has 0 aromatic heterocycles. The maximum Gasteiger partial charge on any atom is 0.179 e. The van der Waals surface area contributed by atoms with Gasteiger partial charge in [-0.1, -0.05) is 11.8 Å². The van der Waals surface area contributed by atoms with E-state index in [0.717, 1.165) is 6.54 Å². The average Bonchev–Trinajstić information content (AvgIpc) is 1.87. The van der Waals surface area contributed by atoms with E-state index in [-0.39, 0.29) is 24.0 Å². The van der Waals surface area contributed by atoms with Crippen molar-refractivity contribution in [3.8, 4) is 0 Å². The average molecular weight is 287 g/mol. The Hall–Kier alpha value is 0.380. The fraction of sp³-hybridized carbons (Fsp3) is 0.667. The van der Waals surface area contributed by atoms with E-state index in [9.17, 15) is 0 Å². The van der Waals surface area contributed by atoms with Gasteiger partial charge in [-0.05, 0) is 20.4 Å². The van der Waals surface area contributed by atoms with Crippen molar-refractivity contribution in [1.82, 2.24) is 4.90 Å². The molecule has 0 amide bonds. The molecule has 0 saturated heterocycles. The molecule has 0 rings (SSSR count). The fourth-order valence-electron chi connectivity index (χ4n) is 0.340. The summed E-state index contributed by atoms with van der Waals surface area (Å²) in [6.45, 7) is 0.795. The summed E-state index contributed by atoms with van der Waals surface area (Å²) in [6, 6.07) is 0. The number of aliphatic imine (C=N–C) groups is 1. The van der Waals surface area contributed by atoms with Crippen LogP contribution in [0.5, 0.6) is 0 Å². The highest BCUT2D eigenvalue weighted by molar-refractivity contribution is 14.0. The van der Waals surface area contributed by atoms with Gasteiger partial charge >= 0.3 is 0 Å². The highest BCUT2D eigenvalue weighted by atomic mass is 127. The minimum Gasteiger partial charge on any atom is -0.304 e. The third-order valence-electron chi connectivity index (χ3n) is 0.849. The fourth-order valence-corrected chi connectivity index (χ4v) is 0.520. The van der Waals surface area contributed by atoms with Crippen molar-refractivity contribution >= 4 is 47.1 Å². The number of halogens is 1. The van der Waals surface area contributed by atoms with E-state index in [0.29, 0.717) is 5.17 Å². The van der Waals surface area contributed by atoms with Crippen LogP contribution in [0.15, 0.2) is 4.99 Å². The zero-order valence-corrected chi connectivity index (χ0v) is 10.1. The van der Waals surface area contributed by atoms with E-state index in [1.54, 1.807) is 6.21 Å². The van der Waals surface area contributed by atoms with Crippen LogP contribution in [-0.2, 0) is 0 Å². The molecule has 0 saturated carbocycles. The third-order valence-corrected chi connectivity index (χ3v) is 1.34. The molecule has 0 heterocycles. The molecule has 0 aliphatic carbocycles. The monoisotopic (exact) mass is 287 g/mol. The molecule has 0 aromatic carbocycles. The molecular weight excluding hydrogens is 273 g/mol. The van der Waals surface area contributed by atoms with Gasteiger partial charge in [-0.25, -0.2) is 4.99 Å². The number of rotatable bonds is 2. The predicted molar refractivity (Wildman–Crippen MR) is 63.7 cm³/mol. The number of hydrogen-bond acceptors (Lipinski definition) is 3. The van der Waals surface area contributed by atoms with Crippen molar-refractivity contribution in [2.45, 2.75) is 0 Å². The summed E-state index contributed by atoms with van der Waals surface area (Å²) in [7, 11) is 3.93. The first-order valence-electron chi connectivity index (χ1n) is 2.96. The van der Waals surface area contributed by atoms with Crippen molar-refractivity contribution < 1.29 is 0 Å². The van der Waals surface area contributed by atoms with E-state index >= 15 is 0 Å². The summed E-state index contributed by atoms with van der Waals surface area (Å²) < 4.78 is 0. The van der Waals surface area contributed by atoms with Crippen molar-refractivity contribution in [2.75, 3.05) is 26.9 Å². The minimum absolute atomic E-state index is 0. The van der Waals surface area contributed by atoms with Crippen molar-refractivity contribution in [3.05, 3.63) is 0 Å². The van der Waals surface area contributed by atoms with E-state index < -0.39 is 0 Å². The van der Waals surface area contributed by atoms with Crippen LogP contribution in [0.2, 0.25) is 0 Å². The zero-order chi connectivity index (χ0) is 7.98. The molecule has 0 aliphatic rings. The standard InChI is InChI=1S/C6H13N3S.HI/c1-9(2)5-4-8-6(7)10-3;/h4,7H,5H2,1-3H3;1H.